The van der Waals surface area contributed by atoms with Gasteiger partial charge in [0.25, 0.3) is 0 Å². The molecule has 1 amide bonds. The molecule has 2 aliphatic rings. The van der Waals surface area contributed by atoms with E-state index >= 15 is 0 Å². The summed E-state index contributed by atoms with van der Waals surface area (Å²) in [5, 5.41) is 2.09. The van der Waals surface area contributed by atoms with Gasteiger partial charge < -0.3 is 9.64 Å². The molecule has 2 saturated heterocycles. The Labute approximate surface area is 147 Å². The summed E-state index contributed by atoms with van der Waals surface area (Å²) in [6.07, 6.45) is 4.90. The molecule has 6 heteroatoms. The highest BCUT2D eigenvalue weighted by Gasteiger charge is 2.35. The highest BCUT2D eigenvalue weighted by molar-refractivity contribution is 7.10. The van der Waals surface area contributed by atoms with Gasteiger partial charge in [0.05, 0.1) is 13.2 Å². The van der Waals surface area contributed by atoms with Crippen molar-refractivity contribution in [3.63, 3.8) is 0 Å². The maximum absolute atomic E-state index is 12.9. The van der Waals surface area contributed by atoms with E-state index < -0.39 is 6.04 Å². The first-order chi connectivity index (χ1) is 11.7. The van der Waals surface area contributed by atoms with Crippen molar-refractivity contribution >= 4 is 23.2 Å². The Morgan fingerprint density at radius 2 is 2.12 bits per heavy atom. The molecule has 1 aromatic rings. The molecule has 0 aliphatic carbocycles. The molecule has 2 fully saturated rings. The van der Waals surface area contributed by atoms with Gasteiger partial charge in [0.2, 0.25) is 5.91 Å². The minimum atomic E-state index is -0.394. The first-order valence-corrected chi connectivity index (χ1v) is 9.82. The number of hydrogen-bond donors (Lipinski definition) is 0. The zero-order chi connectivity index (χ0) is 16.9. The van der Waals surface area contributed by atoms with Crippen molar-refractivity contribution in [3.8, 4) is 0 Å². The summed E-state index contributed by atoms with van der Waals surface area (Å²) in [6, 6.07) is 4.17. The Hall–Kier alpha value is -1.40. The summed E-state index contributed by atoms with van der Waals surface area (Å²) in [4.78, 5) is 30.4. The van der Waals surface area contributed by atoms with Gasteiger partial charge in [-0.3, -0.25) is 9.69 Å². The lowest BCUT2D eigenvalue weighted by molar-refractivity contribution is -0.157. The van der Waals surface area contributed by atoms with E-state index in [1.165, 1.54) is 4.88 Å². The summed E-state index contributed by atoms with van der Waals surface area (Å²) in [6.45, 7) is 4.19. The van der Waals surface area contributed by atoms with Crippen molar-refractivity contribution in [1.29, 1.82) is 0 Å². The second kappa shape index (κ2) is 8.12. The maximum atomic E-state index is 12.9. The number of thiophene rings is 1. The topological polar surface area (TPSA) is 49.9 Å². The van der Waals surface area contributed by atoms with Crippen molar-refractivity contribution in [2.75, 3.05) is 26.2 Å². The number of rotatable bonds is 5. The normalized spacial score (nSPS) is 25.0. The number of carbonyl (C=O) groups excluding carboxylic acids is 2. The Balaban J connectivity index is 1.65. The largest absolute Gasteiger partial charge is 0.464 e. The van der Waals surface area contributed by atoms with Crippen LogP contribution < -0.4 is 0 Å². The van der Waals surface area contributed by atoms with E-state index in [1.807, 2.05) is 6.92 Å². The van der Waals surface area contributed by atoms with Gasteiger partial charge >= 0.3 is 5.97 Å². The van der Waals surface area contributed by atoms with E-state index in [2.05, 4.69) is 22.4 Å². The number of likely N-dealkylation sites (tertiary alicyclic amines) is 2. The molecule has 2 aliphatic heterocycles. The van der Waals surface area contributed by atoms with Crippen LogP contribution in [0.5, 0.6) is 0 Å². The van der Waals surface area contributed by atoms with Crippen molar-refractivity contribution in [1.82, 2.24) is 9.80 Å². The van der Waals surface area contributed by atoms with Gasteiger partial charge in [-0.15, -0.1) is 11.3 Å². The van der Waals surface area contributed by atoms with E-state index in [1.54, 1.807) is 16.2 Å². The molecule has 5 nitrogen and oxygen atoms in total. The number of piperidine rings is 1. The van der Waals surface area contributed by atoms with Crippen LogP contribution in [-0.2, 0) is 14.3 Å². The third-order valence-corrected chi connectivity index (χ3v) is 5.93. The summed E-state index contributed by atoms with van der Waals surface area (Å²) < 4.78 is 5.17. The molecular formula is C18H26N2O3S. The highest BCUT2D eigenvalue weighted by atomic mass is 32.1. The SMILES string of the molecule is CCOC(=O)[C@H]1CCCCN1C(=O)CN1CCC[C@@H]1c1cccs1. The average molecular weight is 350 g/mol. The summed E-state index contributed by atoms with van der Waals surface area (Å²) in [5.41, 5.74) is 0. The lowest BCUT2D eigenvalue weighted by Gasteiger charge is -2.35. The summed E-state index contributed by atoms with van der Waals surface area (Å²) >= 11 is 1.76. The fraction of sp³-hybridized carbons (Fsp3) is 0.667. The lowest BCUT2D eigenvalue weighted by atomic mass is 10.0. The van der Waals surface area contributed by atoms with Crippen LogP contribution in [0.4, 0.5) is 0 Å². The second-order valence-corrected chi connectivity index (χ2v) is 7.47. The van der Waals surface area contributed by atoms with Crippen molar-refractivity contribution in [3.05, 3.63) is 22.4 Å². The van der Waals surface area contributed by atoms with Gasteiger partial charge in [0.1, 0.15) is 6.04 Å². The van der Waals surface area contributed by atoms with E-state index in [-0.39, 0.29) is 11.9 Å². The standard InChI is InChI=1S/C18H26N2O3S/c1-2-23-18(22)15-7-3-4-11-20(15)17(21)13-19-10-5-8-14(19)16-9-6-12-24-16/h6,9,12,14-15H,2-5,7-8,10-11,13H2,1H3/t14-,15-/m1/s1. The first-order valence-electron chi connectivity index (χ1n) is 8.94. The van der Waals surface area contributed by atoms with Gasteiger partial charge in [-0.1, -0.05) is 6.07 Å². The second-order valence-electron chi connectivity index (χ2n) is 6.49. The smallest absolute Gasteiger partial charge is 0.328 e. The van der Waals surface area contributed by atoms with E-state index in [0.717, 1.165) is 38.6 Å². The number of nitrogens with zero attached hydrogens (tertiary/aromatic N) is 2. The lowest BCUT2D eigenvalue weighted by Crippen LogP contribution is -2.51. The zero-order valence-corrected chi connectivity index (χ0v) is 15.1. The Bertz CT molecular complexity index is 561. The number of amides is 1. The molecule has 0 radical (unpaired) electrons. The summed E-state index contributed by atoms with van der Waals surface area (Å²) in [7, 11) is 0. The first kappa shape index (κ1) is 17.4. The summed E-state index contributed by atoms with van der Waals surface area (Å²) in [5.74, 6) is -0.182. The molecular weight excluding hydrogens is 324 g/mol. The molecule has 2 atom stereocenters. The van der Waals surface area contributed by atoms with Crippen LogP contribution in [0.1, 0.15) is 49.9 Å². The van der Waals surface area contributed by atoms with Crippen LogP contribution in [0.15, 0.2) is 17.5 Å². The molecule has 1 aromatic heterocycles. The fourth-order valence-corrected chi connectivity index (χ4v) is 4.69. The Morgan fingerprint density at radius 1 is 1.25 bits per heavy atom. The molecule has 0 aromatic carbocycles. The molecule has 0 spiro atoms. The predicted octanol–water partition coefficient (Wildman–Crippen LogP) is 2.83. The minimum absolute atomic E-state index is 0.0659. The molecule has 0 bridgehead atoms. The van der Waals surface area contributed by atoms with E-state index in [9.17, 15) is 9.59 Å². The van der Waals surface area contributed by atoms with Crippen molar-refractivity contribution < 1.29 is 14.3 Å². The van der Waals surface area contributed by atoms with Crippen LogP contribution in [0.3, 0.4) is 0 Å². The van der Waals surface area contributed by atoms with Crippen molar-refractivity contribution in [2.45, 2.75) is 51.1 Å². The quantitative estimate of drug-likeness (QED) is 0.766. The van der Waals surface area contributed by atoms with Gasteiger partial charge in [-0.2, -0.15) is 0 Å². The fourth-order valence-electron chi connectivity index (χ4n) is 3.80. The molecule has 3 rings (SSSR count). The average Bonchev–Trinajstić information content (AvgIpc) is 3.26. The Morgan fingerprint density at radius 3 is 2.88 bits per heavy atom. The van der Waals surface area contributed by atoms with E-state index in [0.29, 0.717) is 25.7 Å². The molecule has 24 heavy (non-hydrogen) atoms. The molecule has 0 N–H and O–H groups in total. The minimum Gasteiger partial charge on any atom is -0.464 e. The van der Waals surface area contributed by atoms with Crippen LogP contribution in [0.25, 0.3) is 0 Å². The van der Waals surface area contributed by atoms with Crippen LogP contribution in [-0.4, -0.2) is 54.0 Å². The third kappa shape index (κ3) is 3.81. The van der Waals surface area contributed by atoms with Crippen LogP contribution >= 0.6 is 11.3 Å². The predicted molar refractivity (Wildman–Crippen MR) is 93.9 cm³/mol. The van der Waals surface area contributed by atoms with Gasteiger partial charge in [-0.05, 0) is 57.0 Å². The van der Waals surface area contributed by atoms with Crippen LogP contribution in [0.2, 0.25) is 0 Å². The molecule has 0 unspecified atom stereocenters. The molecule has 0 saturated carbocycles. The van der Waals surface area contributed by atoms with Gasteiger partial charge in [0.15, 0.2) is 0 Å². The van der Waals surface area contributed by atoms with Gasteiger partial charge in [-0.25, -0.2) is 4.79 Å². The van der Waals surface area contributed by atoms with Gasteiger partial charge in [0, 0.05) is 17.5 Å². The maximum Gasteiger partial charge on any atom is 0.328 e. The number of hydrogen-bond acceptors (Lipinski definition) is 5. The number of carbonyl (C=O) groups is 2. The zero-order valence-electron chi connectivity index (χ0n) is 14.3. The highest BCUT2D eigenvalue weighted by Crippen LogP contribution is 2.34. The molecule has 132 valence electrons. The Kier molecular flexibility index (Phi) is 5.89. The monoisotopic (exact) mass is 350 g/mol. The number of esters is 1. The third-order valence-electron chi connectivity index (χ3n) is 4.96. The van der Waals surface area contributed by atoms with Crippen LogP contribution in [0, 0.1) is 0 Å². The van der Waals surface area contributed by atoms with E-state index in [4.69, 9.17) is 4.74 Å². The van der Waals surface area contributed by atoms with Crippen molar-refractivity contribution in [2.24, 2.45) is 0 Å². The number of ether oxygens (including phenoxy) is 1. The molecule has 3 heterocycles.